The molecule has 0 spiro atoms. The molecule has 1 amide bonds. The summed E-state index contributed by atoms with van der Waals surface area (Å²) in [5.74, 6) is 4.60. The number of benzene rings is 1. The van der Waals surface area contributed by atoms with Crippen LogP contribution in [0.25, 0.3) is 11.3 Å². The molecule has 6 heteroatoms. The fourth-order valence-corrected chi connectivity index (χ4v) is 1.41. The molecule has 0 radical (unpaired) electrons. The Bertz CT molecular complexity index is 506. The van der Waals surface area contributed by atoms with Gasteiger partial charge in [0.2, 0.25) is 0 Å². The third-order valence-corrected chi connectivity index (χ3v) is 2.35. The van der Waals surface area contributed by atoms with Gasteiger partial charge in [-0.2, -0.15) is 5.10 Å². The van der Waals surface area contributed by atoms with E-state index in [1.165, 1.54) is 0 Å². The zero-order chi connectivity index (χ0) is 11.5. The van der Waals surface area contributed by atoms with Crippen LogP contribution in [0.2, 0.25) is 5.02 Å². The second-order valence-electron chi connectivity index (χ2n) is 3.15. The molecule has 2 rings (SSSR count). The minimum atomic E-state index is -0.410. The van der Waals surface area contributed by atoms with Gasteiger partial charge in [0.1, 0.15) is 5.69 Å². The van der Waals surface area contributed by atoms with Gasteiger partial charge in [0, 0.05) is 10.6 Å². The number of nitrogens with two attached hydrogens (primary N) is 1. The summed E-state index contributed by atoms with van der Waals surface area (Å²) >= 11 is 5.77. The first-order valence-electron chi connectivity index (χ1n) is 4.53. The highest BCUT2D eigenvalue weighted by atomic mass is 35.5. The van der Waals surface area contributed by atoms with Gasteiger partial charge in [0.15, 0.2) is 0 Å². The van der Waals surface area contributed by atoms with Gasteiger partial charge in [-0.15, -0.1) is 0 Å². The Balaban J connectivity index is 2.31. The Morgan fingerprint density at radius 2 is 2.06 bits per heavy atom. The van der Waals surface area contributed by atoms with Crippen molar-refractivity contribution in [2.45, 2.75) is 0 Å². The molecule has 82 valence electrons. The largest absolute Gasteiger partial charge is 0.289 e. The number of rotatable bonds is 2. The van der Waals surface area contributed by atoms with Crippen LogP contribution in [-0.4, -0.2) is 16.1 Å². The summed E-state index contributed by atoms with van der Waals surface area (Å²) in [5, 5.41) is 7.25. The van der Waals surface area contributed by atoms with E-state index < -0.39 is 5.91 Å². The molecule has 0 bridgehead atoms. The molecule has 0 aliphatic heterocycles. The Kier molecular flexibility index (Phi) is 2.89. The summed E-state index contributed by atoms with van der Waals surface area (Å²) in [6.45, 7) is 0. The van der Waals surface area contributed by atoms with Crippen molar-refractivity contribution in [2.24, 2.45) is 5.84 Å². The number of hydrazine groups is 1. The molecular formula is C10H9ClN4O. The third kappa shape index (κ3) is 2.05. The lowest BCUT2D eigenvalue weighted by Crippen LogP contribution is -2.30. The number of amides is 1. The molecule has 0 unspecified atom stereocenters. The first-order chi connectivity index (χ1) is 7.70. The Hall–Kier alpha value is -1.85. The second kappa shape index (κ2) is 4.34. The van der Waals surface area contributed by atoms with Gasteiger partial charge in [-0.3, -0.25) is 15.3 Å². The predicted octanol–water partition coefficient (Wildman–Crippen LogP) is 1.33. The highest BCUT2D eigenvalue weighted by molar-refractivity contribution is 6.30. The molecule has 4 N–H and O–H groups in total. The van der Waals surface area contributed by atoms with Crippen molar-refractivity contribution in [3.8, 4) is 11.3 Å². The van der Waals surface area contributed by atoms with Gasteiger partial charge in [-0.1, -0.05) is 23.7 Å². The number of carbonyl (C=O) groups is 1. The smallest absolute Gasteiger partial charge is 0.283 e. The van der Waals surface area contributed by atoms with Crippen molar-refractivity contribution in [2.75, 3.05) is 0 Å². The van der Waals surface area contributed by atoms with Crippen molar-refractivity contribution in [1.82, 2.24) is 15.6 Å². The van der Waals surface area contributed by atoms with Crippen molar-refractivity contribution in [3.05, 3.63) is 41.0 Å². The highest BCUT2D eigenvalue weighted by Gasteiger charge is 2.09. The number of hydrogen-bond donors (Lipinski definition) is 3. The van der Waals surface area contributed by atoms with E-state index in [1.54, 1.807) is 18.2 Å². The first-order valence-corrected chi connectivity index (χ1v) is 4.91. The molecule has 5 nitrogen and oxygen atoms in total. The minimum absolute atomic E-state index is 0.312. The number of nitrogen functional groups attached to an aromatic ring is 1. The van der Waals surface area contributed by atoms with E-state index in [1.807, 2.05) is 17.6 Å². The van der Waals surface area contributed by atoms with E-state index in [4.69, 9.17) is 17.4 Å². The number of hydrogen-bond acceptors (Lipinski definition) is 3. The van der Waals surface area contributed by atoms with E-state index in [9.17, 15) is 4.79 Å². The van der Waals surface area contributed by atoms with Gasteiger partial charge in [0.25, 0.3) is 5.91 Å². The van der Waals surface area contributed by atoms with Crippen molar-refractivity contribution in [3.63, 3.8) is 0 Å². The molecule has 0 aliphatic carbocycles. The minimum Gasteiger partial charge on any atom is -0.289 e. The van der Waals surface area contributed by atoms with Crippen LogP contribution >= 0.6 is 11.6 Å². The van der Waals surface area contributed by atoms with Crippen LogP contribution in [0.4, 0.5) is 0 Å². The quantitative estimate of drug-likeness (QED) is 0.418. The standard InChI is InChI=1S/C10H9ClN4O/c11-7-3-1-6(2-4-7)8-5-9(15-14-8)10(16)13-12/h1-5H,12H2,(H,13,16)(H,14,15). The average Bonchev–Trinajstić information content (AvgIpc) is 2.78. The summed E-state index contributed by atoms with van der Waals surface area (Å²) in [4.78, 5) is 11.2. The Morgan fingerprint density at radius 1 is 1.38 bits per heavy atom. The van der Waals surface area contributed by atoms with E-state index >= 15 is 0 Å². The number of halogens is 1. The van der Waals surface area contributed by atoms with Gasteiger partial charge in [0.05, 0.1) is 5.69 Å². The third-order valence-electron chi connectivity index (χ3n) is 2.09. The second-order valence-corrected chi connectivity index (χ2v) is 3.58. The normalized spacial score (nSPS) is 10.1. The van der Waals surface area contributed by atoms with Crippen molar-refractivity contribution in [1.29, 1.82) is 0 Å². The summed E-state index contributed by atoms with van der Waals surface area (Å²) < 4.78 is 0. The highest BCUT2D eigenvalue weighted by Crippen LogP contribution is 2.19. The lowest BCUT2D eigenvalue weighted by atomic mass is 10.1. The van der Waals surface area contributed by atoms with Gasteiger partial charge >= 0.3 is 0 Å². The number of aromatic nitrogens is 2. The summed E-state index contributed by atoms with van der Waals surface area (Å²) in [5.41, 5.74) is 3.87. The maximum atomic E-state index is 11.2. The lowest BCUT2D eigenvalue weighted by molar-refractivity contribution is 0.0948. The van der Waals surface area contributed by atoms with Crippen LogP contribution < -0.4 is 11.3 Å². The van der Waals surface area contributed by atoms with Crippen LogP contribution in [-0.2, 0) is 0 Å². The monoisotopic (exact) mass is 236 g/mol. The molecule has 0 saturated heterocycles. The molecule has 0 aliphatic rings. The van der Waals surface area contributed by atoms with Crippen LogP contribution in [0.5, 0.6) is 0 Å². The van der Waals surface area contributed by atoms with Crippen LogP contribution in [0, 0.1) is 0 Å². The number of nitrogens with zero attached hydrogens (tertiary/aromatic N) is 1. The van der Waals surface area contributed by atoms with Crippen LogP contribution in [0.3, 0.4) is 0 Å². The van der Waals surface area contributed by atoms with Gasteiger partial charge < -0.3 is 0 Å². The molecular weight excluding hydrogens is 228 g/mol. The fourth-order valence-electron chi connectivity index (χ4n) is 1.28. The molecule has 1 aromatic carbocycles. The molecule has 2 aromatic rings. The number of carbonyl (C=O) groups excluding carboxylic acids is 1. The van der Waals surface area contributed by atoms with E-state index in [2.05, 4.69) is 10.2 Å². The topological polar surface area (TPSA) is 83.8 Å². The SMILES string of the molecule is NNC(=O)c1cc(-c2ccc(Cl)cc2)n[nH]1. The number of nitrogens with one attached hydrogen (secondary N) is 2. The summed E-state index contributed by atoms with van der Waals surface area (Å²) in [6.07, 6.45) is 0. The maximum Gasteiger partial charge on any atom is 0.283 e. The number of aromatic amines is 1. The van der Waals surface area contributed by atoms with Crippen LogP contribution in [0.15, 0.2) is 30.3 Å². The van der Waals surface area contributed by atoms with Crippen molar-refractivity contribution >= 4 is 17.5 Å². The van der Waals surface area contributed by atoms with Gasteiger partial charge in [-0.25, -0.2) is 5.84 Å². The summed E-state index contributed by atoms with van der Waals surface area (Å²) in [7, 11) is 0. The van der Waals surface area contributed by atoms with Crippen molar-refractivity contribution < 1.29 is 4.79 Å². The molecule has 16 heavy (non-hydrogen) atoms. The Morgan fingerprint density at radius 3 is 2.69 bits per heavy atom. The number of H-pyrrole nitrogens is 1. The average molecular weight is 237 g/mol. The molecule has 0 atom stereocenters. The predicted molar refractivity (Wildman–Crippen MR) is 60.7 cm³/mol. The fraction of sp³-hybridized carbons (Fsp3) is 0. The molecule has 1 heterocycles. The Labute approximate surface area is 96.6 Å². The van der Waals surface area contributed by atoms with E-state index in [-0.39, 0.29) is 0 Å². The summed E-state index contributed by atoms with van der Waals surface area (Å²) in [6, 6.07) is 8.78. The zero-order valence-corrected chi connectivity index (χ0v) is 8.95. The maximum absolute atomic E-state index is 11.2. The van der Waals surface area contributed by atoms with Gasteiger partial charge in [-0.05, 0) is 18.2 Å². The van der Waals surface area contributed by atoms with E-state index in [0.717, 1.165) is 5.56 Å². The molecule has 1 aromatic heterocycles. The van der Waals surface area contributed by atoms with Crippen LogP contribution in [0.1, 0.15) is 10.5 Å². The zero-order valence-electron chi connectivity index (χ0n) is 8.20. The molecule has 0 saturated carbocycles. The van der Waals surface area contributed by atoms with E-state index in [0.29, 0.717) is 16.4 Å². The lowest BCUT2D eigenvalue weighted by Gasteiger charge is -1.95. The molecule has 0 fully saturated rings. The first kappa shape index (κ1) is 10.7.